The average molecular weight is 451 g/mol. The van der Waals surface area contributed by atoms with Gasteiger partial charge in [-0.2, -0.15) is 0 Å². The molecule has 0 amide bonds. The summed E-state index contributed by atoms with van der Waals surface area (Å²) < 4.78 is 27.3. The Hall–Kier alpha value is -0.460. The molecule has 160 valence electrons. The van der Waals surface area contributed by atoms with Crippen molar-refractivity contribution in [1.82, 2.24) is 0 Å². The van der Waals surface area contributed by atoms with Gasteiger partial charge >= 0.3 is 15.2 Å². The maximum Gasteiger partial charge on any atom is 0.372 e. The van der Waals surface area contributed by atoms with E-state index in [-0.39, 0.29) is 6.61 Å². The molecule has 0 radical (unpaired) electrons. The summed E-state index contributed by atoms with van der Waals surface area (Å²) >= 11 is 1.89. The summed E-state index contributed by atoms with van der Waals surface area (Å²) in [5.74, 6) is 1.14. The van der Waals surface area contributed by atoms with Gasteiger partial charge in [0.15, 0.2) is 0 Å². The molecule has 1 aromatic rings. The number of nitrogens with one attached hydrogen (secondary N) is 1. The molecule has 1 unspecified atom stereocenters. The Bertz CT molecular complexity index is 667. The van der Waals surface area contributed by atoms with E-state index in [0.717, 1.165) is 25.0 Å². The quantitative estimate of drug-likeness (QED) is 0.117. The lowest BCUT2D eigenvalue weighted by molar-refractivity contribution is 0.263. The first-order chi connectivity index (χ1) is 13.2. The maximum absolute atomic E-state index is 11.7. The molecule has 1 atom stereocenters. The van der Waals surface area contributed by atoms with Crippen LogP contribution in [-0.2, 0) is 13.7 Å². The molecule has 0 heterocycles. The van der Waals surface area contributed by atoms with Crippen molar-refractivity contribution in [2.24, 2.45) is 0 Å². The molecule has 0 aliphatic heterocycles. The molecule has 0 fully saturated rings. The highest BCUT2D eigenvalue weighted by Crippen LogP contribution is 2.48. The van der Waals surface area contributed by atoms with E-state index in [0.29, 0.717) is 6.42 Å². The average Bonchev–Trinajstić information content (AvgIpc) is 2.62. The predicted molar refractivity (Wildman–Crippen MR) is 115 cm³/mol. The first-order valence-corrected chi connectivity index (χ1v) is 13.8. The van der Waals surface area contributed by atoms with Gasteiger partial charge in [-0.15, -0.1) is 11.8 Å². The van der Waals surface area contributed by atoms with Crippen molar-refractivity contribution in [3.8, 4) is 0 Å². The fourth-order valence-corrected chi connectivity index (χ4v) is 5.65. The third-order valence-corrected chi connectivity index (χ3v) is 7.46. The Morgan fingerprint density at radius 2 is 1.43 bits per heavy atom. The fourth-order valence-electron chi connectivity index (χ4n) is 2.52. The van der Waals surface area contributed by atoms with E-state index in [4.69, 9.17) is 19.7 Å². The van der Waals surface area contributed by atoms with Crippen LogP contribution in [-0.4, -0.2) is 38.7 Å². The molecule has 7 nitrogen and oxygen atoms in total. The van der Waals surface area contributed by atoms with E-state index in [2.05, 4.69) is 24.3 Å². The van der Waals surface area contributed by atoms with Gasteiger partial charge in [0.05, 0.1) is 12.8 Å². The van der Waals surface area contributed by atoms with Crippen LogP contribution in [0.25, 0.3) is 0 Å². The Kier molecular flexibility index (Phi) is 12.5. The van der Waals surface area contributed by atoms with Gasteiger partial charge in [-0.25, -0.2) is 0 Å². The Labute approximate surface area is 171 Å². The summed E-state index contributed by atoms with van der Waals surface area (Å²) in [6.07, 6.45) is 7.31. The molecular weight excluding hydrogens is 420 g/mol. The van der Waals surface area contributed by atoms with Gasteiger partial charge in [0.1, 0.15) is 5.45 Å². The number of hydrogen-bond donors (Lipinski definition) is 4. The van der Waals surface area contributed by atoms with Crippen molar-refractivity contribution in [2.75, 3.05) is 18.5 Å². The highest BCUT2D eigenvalue weighted by atomic mass is 32.2. The van der Waals surface area contributed by atoms with E-state index < -0.39 is 26.8 Å². The zero-order chi connectivity index (χ0) is 20.9. The molecule has 0 aliphatic carbocycles. The number of benzene rings is 1. The van der Waals surface area contributed by atoms with Crippen LogP contribution >= 0.6 is 27.0 Å². The van der Waals surface area contributed by atoms with Crippen molar-refractivity contribution in [3.05, 3.63) is 30.3 Å². The van der Waals surface area contributed by atoms with E-state index >= 15 is 0 Å². The lowest BCUT2D eigenvalue weighted by atomic mass is 10.1. The van der Waals surface area contributed by atoms with Crippen LogP contribution in [0.1, 0.15) is 51.4 Å². The van der Waals surface area contributed by atoms with Crippen LogP contribution in [0, 0.1) is 5.41 Å². The van der Waals surface area contributed by atoms with Crippen molar-refractivity contribution in [1.29, 1.82) is 5.41 Å². The van der Waals surface area contributed by atoms with E-state index in [1.54, 1.807) is 0 Å². The maximum atomic E-state index is 11.7. The summed E-state index contributed by atoms with van der Waals surface area (Å²) in [6, 6.07) is 10.4. The second kappa shape index (κ2) is 13.7. The Morgan fingerprint density at radius 3 is 2.00 bits per heavy atom. The molecule has 0 aliphatic rings. The van der Waals surface area contributed by atoms with Crippen molar-refractivity contribution in [3.63, 3.8) is 0 Å². The predicted octanol–water partition coefficient (Wildman–Crippen LogP) is 5.26. The van der Waals surface area contributed by atoms with Crippen molar-refractivity contribution >= 4 is 32.4 Å². The van der Waals surface area contributed by atoms with E-state index in [9.17, 15) is 14.0 Å². The SMILES string of the molecule is N=C(CP(=O)(O)O)P(=O)(O)OCCCCCCCCCCSc1ccccc1. The summed E-state index contributed by atoms with van der Waals surface area (Å²) in [7, 11) is -8.93. The minimum atomic E-state index is -4.54. The third-order valence-electron chi connectivity index (χ3n) is 4.01. The van der Waals surface area contributed by atoms with Gasteiger partial charge in [0, 0.05) is 4.90 Å². The number of thioether (sulfide) groups is 1. The number of hydrogen-bond acceptors (Lipinski definition) is 5. The molecule has 28 heavy (non-hydrogen) atoms. The standard InChI is InChI=1S/C18H31NO6P2S/c19-18(16-26(20,21)22)27(23,24)25-14-10-5-3-1-2-4-6-11-15-28-17-12-8-7-9-13-17/h7-9,12-13,19H,1-6,10-11,14-16H2,(H,23,24)(H2,20,21,22). The molecular formula is C18H31NO6P2S. The lowest BCUT2D eigenvalue weighted by Gasteiger charge is -2.13. The van der Waals surface area contributed by atoms with Gasteiger partial charge in [0.25, 0.3) is 0 Å². The van der Waals surface area contributed by atoms with Gasteiger partial charge in [-0.1, -0.05) is 56.7 Å². The summed E-state index contributed by atoms with van der Waals surface area (Å²) in [4.78, 5) is 28.3. The Morgan fingerprint density at radius 1 is 0.893 bits per heavy atom. The Balaban J connectivity index is 1.94. The van der Waals surface area contributed by atoms with Gasteiger partial charge < -0.3 is 19.2 Å². The molecule has 0 bridgehead atoms. The minimum absolute atomic E-state index is 0.00796. The zero-order valence-electron chi connectivity index (χ0n) is 16.0. The summed E-state index contributed by atoms with van der Waals surface area (Å²) in [5.41, 5.74) is -0.939. The van der Waals surface area contributed by atoms with Crippen molar-refractivity contribution in [2.45, 2.75) is 56.3 Å². The molecule has 1 rings (SSSR count). The van der Waals surface area contributed by atoms with Crippen LogP contribution in [0.2, 0.25) is 0 Å². The molecule has 0 saturated heterocycles. The zero-order valence-corrected chi connectivity index (χ0v) is 18.6. The van der Waals surface area contributed by atoms with Crippen LogP contribution < -0.4 is 0 Å². The first kappa shape index (κ1) is 25.6. The monoisotopic (exact) mass is 451 g/mol. The van der Waals surface area contributed by atoms with Crippen LogP contribution in [0.5, 0.6) is 0 Å². The smallest absolute Gasteiger partial charge is 0.324 e. The lowest BCUT2D eigenvalue weighted by Crippen LogP contribution is -2.08. The van der Waals surface area contributed by atoms with Gasteiger partial charge in [-0.3, -0.25) is 14.5 Å². The molecule has 4 N–H and O–H groups in total. The highest BCUT2D eigenvalue weighted by molar-refractivity contribution is 7.99. The van der Waals surface area contributed by atoms with Crippen LogP contribution in [0.15, 0.2) is 35.2 Å². The van der Waals surface area contributed by atoms with E-state index in [1.165, 1.54) is 30.6 Å². The second-order valence-electron chi connectivity index (χ2n) is 6.61. The highest BCUT2D eigenvalue weighted by Gasteiger charge is 2.31. The molecule has 0 saturated carbocycles. The molecule has 0 spiro atoms. The number of unbranched alkanes of at least 4 members (excludes halogenated alkanes) is 7. The normalized spacial score (nSPS) is 14.0. The fraction of sp³-hybridized carbons (Fsp3) is 0.611. The second-order valence-corrected chi connectivity index (χ2v) is 11.3. The van der Waals surface area contributed by atoms with Crippen LogP contribution in [0.3, 0.4) is 0 Å². The minimum Gasteiger partial charge on any atom is -0.324 e. The molecule has 1 aromatic carbocycles. The summed E-state index contributed by atoms with van der Waals surface area (Å²) in [6.45, 7) is 0.00796. The first-order valence-electron chi connectivity index (χ1n) is 9.48. The molecule has 10 heteroatoms. The van der Waals surface area contributed by atoms with Crippen LogP contribution in [0.4, 0.5) is 0 Å². The molecule has 0 aromatic heterocycles. The number of rotatable bonds is 16. The van der Waals surface area contributed by atoms with Gasteiger partial charge in [0.2, 0.25) is 0 Å². The topological polar surface area (TPSA) is 128 Å². The largest absolute Gasteiger partial charge is 0.372 e. The van der Waals surface area contributed by atoms with Crippen molar-refractivity contribution < 1.29 is 28.3 Å². The third kappa shape index (κ3) is 12.9. The van der Waals surface area contributed by atoms with Gasteiger partial charge in [-0.05, 0) is 30.7 Å². The summed E-state index contributed by atoms with van der Waals surface area (Å²) in [5, 5.41) is 7.30. The van der Waals surface area contributed by atoms with E-state index in [1.807, 2.05) is 17.8 Å².